The number of nitrogens with one attached hydrogen (secondary N) is 1. The second kappa shape index (κ2) is 6.37. The van der Waals surface area contributed by atoms with E-state index in [-0.39, 0.29) is 6.03 Å². The lowest BCUT2D eigenvalue weighted by atomic mass is 10.1. The number of β-amino-alcohol motifs (C(OH)–C–C–N with tert-alkyl or cyclic N) is 1. The van der Waals surface area contributed by atoms with Gasteiger partial charge in [-0.25, -0.2) is 13.9 Å². The fourth-order valence-corrected chi connectivity index (χ4v) is 2.66. The van der Waals surface area contributed by atoms with Gasteiger partial charge in [-0.15, -0.1) is 0 Å². The molecule has 2 aromatic rings. The lowest BCUT2D eigenvalue weighted by Gasteiger charge is -2.30. The molecule has 122 valence electrons. The van der Waals surface area contributed by atoms with Gasteiger partial charge in [0.2, 0.25) is 0 Å². The normalized spacial score (nSPS) is 18.0. The van der Waals surface area contributed by atoms with Crippen molar-refractivity contribution in [1.82, 2.24) is 14.7 Å². The van der Waals surface area contributed by atoms with Crippen LogP contribution in [0, 0.1) is 12.7 Å². The molecule has 6 nitrogen and oxygen atoms in total. The first-order valence-electron chi connectivity index (χ1n) is 7.58. The van der Waals surface area contributed by atoms with Crippen LogP contribution in [0.25, 0.3) is 5.69 Å². The highest BCUT2D eigenvalue weighted by atomic mass is 19.1. The third-order valence-electron chi connectivity index (χ3n) is 3.84. The summed E-state index contributed by atoms with van der Waals surface area (Å²) in [6, 6.07) is 4.15. The Labute approximate surface area is 133 Å². The van der Waals surface area contributed by atoms with Crippen LogP contribution in [-0.2, 0) is 0 Å². The van der Waals surface area contributed by atoms with Gasteiger partial charge in [-0.1, -0.05) is 0 Å². The van der Waals surface area contributed by atoms with Crippen molar-refractivity contribution >= 4 is 11.7 Å². The molecule has 0 radical (unpaired) electrons. The Kier molecular flexibility index (Phi) is 4.29. The number of aliphatic hydroxyl groups excluding tert-OH is 1. The standard InChI is InChI=1S/C16H19FN4O2/c1-11-8-18-21(9-11)15-5-4-12(7-14(15)17)19-16(23)20-6-2-3-13(22)10-20/h4-5,7-9,13,22H,2-3,6,10H2,1H3,(H,19,23). The number of urea groups is 1. The van der Waals surface area contributed by atoms with E-state index in [9.17, 15) is 14.3 Å². The molecule has 1 fully saturated rings. The summed E-state index contributed by atoms with van der Waals surface area (Å²) < 4.78 is 15.7. The number of piperidine rings is 1. The van der Waals surface area contributed by atoms with Crippen molar-refractivity contribution in [2.75, 3.05) is 18.4 Å². The molecular formula is C16H19FN4O2. The number of amides is 2. The molecule has 1 unspecified atom stereocenters. The van der Waals surface area contributed by atoms with E-state index in [1.54, 1.807) is 24.5 Å². The summed E-state index contributed by atoms with van der Waals surface area (Å²) in [6.45, 7) is 2.78. The Morgan fingerprint density at radius 3 is 2.96 bits per heavy atom. The SMILES string of the molecule is Cc1cnn(-c2ccc(NC(=O)N3CCCC(O)C3)cc2F)c1. The minimum Gasteiger partial charge on any atom is -0.391 e. The van der Waals surface area contributed by atoms with Crippen molar-refractivity contribution in [1.29, 1.82) is 0 Å². The zero-order chi connectivity index (χ0) is 16.4. The molecule has 1 aliphatic heterocycles. The topological polar surface area (TPSA) is 70.4 Å². The van der Waals surface area contributed by atoms with Gasteiger partial charge in [-0.05, 0) is 43.5 Å². The molecule has 23 heavy (non-hydrogen) atoms. The molecule has 0 spiro atoms. The number of carbonyl (C=O) groups excluding carboxylic acids is 1. The van der Waals surface area contributed by atoms with E-state index in [0.29, 0.717) is 30.9 Å². The van der Waals surface area contributed by atoms with Crippen LogP contribution in [0.5, 0.6) is 0 Å². The Balaban J connectivity index is 1.71. The molecule has 0 bridgehead atoms. The molecule has 0 aliphatic carbocycles. The molecule has 2 amide bonds. The van der Waals surface area contributed by atoms with Gasteiger partial charge in [0, 0.05) is 25.0 Å². The van der Waals surface area contributed by atoms with E-state index in [1.165, 1.54) is 15.6 Å². The number of carbonyl (C=O) groups is 1. The number of hydrogen-bond donors (Lipinski definition) is 2. The van der Waals surface area contributed by atoms with Gasteiger partial charge >= 0.3 is 6.03 Å². The summed E-state index contributed by atoms with van der Waals surface area (Å²) in [5, 5.41) is 16.3. The molecule has 2 heterocycles. The number of hydrogen-bond acceptors (Lipinski definition) is 3. The number of benzene rings is 1. The number of aryl methyl sites for hydroxylation is 1. The van der Waals surface area contributed by atoms with Crippen LogP contribution in [0.2, 0.25) is 0 Å². The molecule has 3 rings (SSSR count). The van der Waals surface area contributed by atoms with Crippen molar-refractivity contribution in [2.45, 2.75) is 25.9 Å². The molecule has 2 N–H and O–H groups in total. The summed E-state index contributed by atoms with van der Waals surface area (Å²) in [4.78, 5) is 13.7. The summed E-state index contributed by atoms with van der Waals surface area (Å²) >= 11 is 0. The summed E-state index contributed by atoms with van der Waals surface area (Å²) in [7, 11) is 0. The quantitative estimate of drug-likeness (QED) is 0.892. The number of aliphatic hydroxyl groups is 1. The fourth-order valence-electron chi connectivity index (χ4n) is 2.66. The van der Waals surface area contributed by atoms with E-state index < -0.39 is 11.9 Å². The minimum atomic E-state index is -0.489. The second-order valence-electron chi connectivity index (χ2n) is 5.80. The molecule has 1 saturated heterocycles. The second-order valence-corrected chi connectivity index (χ2v) is 5.80. The van der Waals surface area contributed by atoms with Crippen LogP contribution in [0.4, 0.5) is 14.9 Å². The fraction of sp³-hybridized carbons (Fsp3) is 0.375. The predicted octanol–water partition coefficient (Wildman–Crippen LogP) is 2.31. The maximum absolute atomic E-state index is 14.2. The molecular weight excluding hydrogens is 299 g/mol. The lowest BCUT2D eigenvalue weighted by Crippen LogP contribution is -2.44. The van der Waals surface area contributed by atoms with Gasteiger partial charge in [0.15, 0.2) is 5.82 Å². The van der Waals surface area contributed by atoms with E-state index in [1.807, 2.05) is 6.92 Å². The number of rotatable bonds is 2. The minimum absolute atomic E-state index is 0.305. The summed E-state index contributed by atoms with van der Waals surface area (Å²) in [6.07, 6.45) is 4.36. The first-order valence-corrected chi connectivity index (χ1v) is 7.58. The number of likely N-dealkylation sites (tertiary alicyclic amines) is 1. The smallest absolute Gasteiger partial charge is 0.321 e. The number of anilines is 1. The maximum atomic E-state index is 14.2. The van der Waals surface area contributed by atoms with Crippen LogP contribution < -0.4 is 5.32 Å². The Morgan fingerprint density at radius 2 is 2.30 bits per heavy atom. The first kappa shape index (κ1) is 15.5. The van der Waals surface area contributed by atoms with Crippen LogP contribution in [-0.4, -0.2) is 45.0 Å². The monoisotopic (exact) mass is 318 g/mol. The highest BCUT2D eigenvalue weighted by Gasteiger charge is 2.22. The van der Waals surface area contributed by atoms with E-state index in [0.717, 1.165) is 12.0 Å². The summed E-state index contributed by atoms with van der Waals surface area (Å²) in [5.41, 5.74) is 1.63. The zero-order valence-electron chi connectivity index (χ0n) is 12.9. The molecule has 0 saturated carbocycles. The van der Waals surface area contributed by atoms with Crippen LogP contribution >= 0.6 is 0 Å². The van der Waals surface area contributed by atoms with E-state index in [4.69, 9.17) is 0 Å². The highest BCUT2D eigenvalue weighted by molar-refractivity contribution is 5.89. The predicted molar refractivity (Wildman–Crippen MR) is 84.1 cm³/mol. The van der Waals surface area contributed by atoms with Crippen molar-refractivity contribution in [3.05, 3.63) is 42.0 Å². The largest absolute Gasteiger partial charge is 0.391 e. The van der Waals surface area contributed by atoms with Crippen molar-refractivity contribution in [2.24, 2.45) is 0 Å². The zero-order valence-corrected chi connectivity index (χ0v) is 12.9. The lowest BCUT2D eigenvalue weighted by molar-refractivity contribution is 0.0883. The maximum Gasteiger partial charge on any atom is 0.321 e. The van der Waals surface area contributed by atoms with Crippen molar-refractivity contribution in [3.8, 4) is 5.69 Å². The molecule has 7 heteroatoms. The van der Waals surface area contributed by atoms with Crippen LogP contribution in [0.1, 0.15) is 18.4 Å². The molecule has 1 aliphatic rings. The Hall–Kier alpha value is -2.41. The van der Waals surface area contributed by atoms with Gasteiger partial charge in [-0.3, -0.25) is 0 Å². The Bertz CT molecular complexity index is 716. The van der Waals surface area contributed by atoms with Gasteiger partial charge in [-0.2, -0.15) is 5.10 Å². The Morgan fingerprint density at radius 1 is 1.48 bits per heavy atom. The molecule has 1 atom stereocenters. The third kappa shape index (κ3) is 3.50. The van der Waals surface area contributed by atoms with E-state index in [2.05, 4.69) is 10.4 Å². The number of halogens is 1. The number of nitrogens with zero attached hydrogens (tertiary/aromatic N) is 3. The average molecular weight is 318 g/mol. The van der Waals surface area contributed by atoms with Crippen molar-refractivity contribution < 1.29 is 14.3 Å². The molecule has 1 aromatic carbocycles. The third-order valence-corrected chi connectivity index (χ3v) is 3.84. The van der Waals surface area contributed by atoms with Gasteiger partial charge in [0.25, 0.3) is 0 Å². The van der Waals surface area contributed by atoms with Gasteiger partial charge in [0.05, 0.1) is 12.3 Å². The van der Waals surface area contributed by atoms with Crippen LogP contribution in [0.15, 0.2) is 30.6 Å². The van der Waals surface area contributed by atoms with Gasteiger partial charge < -0.3 is 15.3 Å². The number of aromatic nitrogens is 2. The highest BCUT2D eigenvalue weighted by Crippen LogP contribution is 2.19. The van der Waals surface area contributed by atoms with E-state index >= 15 is 0 Å². The van der Waals surface area contributed by atoms with Crippen LogP contribution in [0.3, 0.4) is 0 Å². The van der Waals surface area contributed by atoms with Gasteiger partial charge in [0.1, 0.15) is 5.69 Å². The molecule has 1 aromatic heterocycles. The summed E-state index contributed by atoms with van der Waals surface area (Å²) in [5.74, 6) is -0.468. The first-order chi connectivity index (χ1) is 11.0. The average Bonchev–Trinajstić information content (AvgIpc) is 2.93. The van der Waals surface area contributed by atoms with Crippen molar-refractivity contribution in [3.63, 3.8) is 0 Å².